The Kier molecular flexibility index (Phi) is 1.72. The average molecular weight is 173 g/mol. The zero-order valence-corrected chi connectivity index (χ0v) is 6.81. The van der Waals surface area contributed by atoms with E-state index in [1.165, 1.54) is 0 Å². The van der Waals surface area contributed by atoms with Crippen LogP contribution in [0.25, 0.3) is 5.65 Å². The first kappa shape index (κ1) is 7.77. The summed E-state index contributed by atoms with van der Waals surface area (Å²) in [6.07, 6.45) is 3.39. The molecule has 0 bridgehead atoms. The lowest BCUT2D eigenvalue weighted by Gasteiger charge is -1.91. The zero-order chi connectivity index (χ0) is 9.26. The van der Waals surface area contributed by atoms with Crippen LogP contribution in [-0.4, -0.2) is 14.5 Å². The Labute approximate surface area is 74.7 Å². The van der Waals surface area contributed by atoms with Gasteiger partial charge in [0.1, 0.15) is 11.7 Å². The summed E-state index contributed by atoms with van der Waals surface area (Å²) < 4.78 is 1.73. The Bertz CT molecular complexity index is 481. The van der Waals surface area contributed by atoms with Gasteiger partial charge in [0.05, 0.1) is 17.9 Å². The average Bonchev–Trinajstić information content (AvgIpc) is 2.58. The summed E-state index contributed by atoms with van der Waals surface area (Å²) in [4.78, 5) is 4.11. The van der Waals surface area contributed by atoms with Gasteiger partial charge in [-0.25, -0.2) is 4.98 Å². The fourth-order valence-electron chi connectivity index (χ4n) is 1.19. The predicted octanol–water partition coefficient (Wildman–Crippen LogP) is 0.698. The smallest absolute Gasteiger partial charge is 0.137 e. The molecule has 64 valence electrons. The number of nitriles is 1. The highest BCUT2D eigenvalue weighted by Gasteiger charge is 2.00. The van der Waals surface area contributed by atoms with E-state index < -0.39 is 0 Å². The molecule has 0 saturated carbocycles. The molecule has 0 aliphatic carbocycles. The van der Waals surface area contributed by atoms with Crippen LogP contribution in [0.2, 0.25) is 0 Å². The lowest BCUT2D eigenvalue weighted by molar-refractivity contribution is 0.277. The van der Waals surface area contributed by atoms with E-state index in [0.717, 1.165) is 5.65 Å². The molecule has 2 heterocycles. The molecule has 0 fully saturated rings. The molecule has 0 unspecified atom stereocenters. The summed E-state index contributed by atoms with van der Waals surface area (Å²) in [5, 5.41) is 17.5. The largest absolute Gasteiger partial charge is 0.390 e. The highest BCUT2D eigenvalue weighted by atomic mass is 16.3. The number of nitrogens with zero attached hydrogens (tertiary/aromatic N) is 3. The first-order chi connectivity index (χ1) is 6.33. The van der Waals surface area contributed by atoms with Crippen molar-refractivity contribution in [1.29, 1.82) is 5.26 Å². The molecule has 0 aliphatic rings. The van der Waals surface area contributed by atoms with E-state index in [-0.39, 0.29) is 6.61 Å². The second-order valence-electron chi connectivity index (χ2n) is 2.69. The highest BCUT2D eigenvalue weighted by Crippen LogP contribution is 2.06. The minimum absolute atomic E-state index is 0.0798. The van der Waals surface area contributed by atoms with Crippen molar-refractivity contribution in [3.63, 3.8) is 0 Å². The highest BCUT2D eigenvalue weighted by molar-refractivity contribution is 5.43. The third-order valence-electron chi connectivity index (χ3n) is 1.79. The number of aliphatic hydroxyl groups is 1. The molecule has 4 nitrogen and oxygen atoms in total. The van der Waals surface area contributed by atoms with Crippen molar-refractivity contribution in [2.45, 2.75) is 6.61 Å². The lowest BCUT2D eigenvalue weighted by atomic mass is 10.3. The van der Waals surface area contributed by atoms with Gasteiger partial charge in [-0.1, -0.05) is 0 Å². The van der Waals surface area contributed by atoms with Gasteiger partial charge in [-0.05, 0) is 12.1 Å². The molecule has 0 amide bonds. The summed E-state index contributed by atoms with van der Waals surface area (Å²) in [6.45, 7) is -0.0798. The molecule has 0 spiro atoms. The van der Waals surface area contributed by atoms with Crippen LogP contribution in [0.4, 0.5) is 0 Å². The fraction of sp³-hybridized carbons (Fsp3) is 0.111. The number of aliphatic hydroxyl groups excluding tert-OH is 1. The maximum Gasteiger partial charge on any atom is 0.137 e. The van der Waals surface area contributed by atoms with Gasteiger partial charge in [-0.2, -0.15) is 5.26 Å². The van der Waals surface area contributed by atoms with Crippen LogP contribution < -0.4 is 0 Å². The van der Waals surface area contributed by atoms with Crippen molar-refractivity contribution < 1.29 is 5.11 Å². The molecule has 2 aromatic rings. The topological polar surface area (TPSA) is 61.3 Å². The molecular weight excluding hydrogens is 166 g/mol. The zero-order valence-electron chi connectivity index (χ0n) is 6.81. The Hall–Kier alpha value is -1.86. The number of fused-ring (bicyclic) bond motifs is 1. The Balaban J connectivity index is 2.65. The van der Waals surface area contributed by atoms with Crippen LogP contribution in [0.3, 0.4) is 0 Å². The second-order valence-corrected chi connectivity index (χ2v) is 2.69. The monoisotopic (exact) mass is 173 g/mol. The Morgan fingerprint density at radius 3 is 3.00 bits per heavy atom. The van der Waals surface area contributed by atoms with E-state index in [1.54, 1.807) is 28.9 Å². The molecule has 0 radical (unpaired) electrons. The van der Waals surface area contributed by atoms with Gasteiger partial charge in [0.2, 0.25) is 0 Å². The van der Waals surface area contributed by atoms with Gasteiger partial charge in [-0.3, -0.25) is 0 Å². The number of imidazole rings is 1. The number of aromatic nitrogens is 2. The molecule has 13 heavy (non-hydrogen) atoms. The van der Waals surface area contributed by atoms with E-state index in [9.17, 15) is 0 Å². The predicted molar refractivity (Wildman–Crippen MR) is 45.8 cm³/mol. The minimum atomic E-state index is -0.0798. The Morgan fingerprint density at radius 2 is 2.31 bits per heavy atom. The summed E-state index contributed by atoms with van der Waals surface area (Å²) >= 11 is 0. The van der Waals surface area contributed by atoms with Crippen molar-refractivity contribution >= 4 is 5.65 Å². The second kappa shape index (κ2) is 2.88. The van der Waals surface area contributed by atoms with Gasteiger partial charge in [0.25, 0.3) is 0 Å². The minimum Gasteiger partial charge on any atom is -0.390 e. The van der Waals surface area contributed by atoms with E-state index in [1.807, 2.05) is 6.07 Å². The first-order valence-corrected chi connectivity index (χ1v) is 3.82. The SMILES string of the molecule is N#Cc1ccc2nc(CO)cn2c1. The van der Waals surface area contributed by atoms with E-state index in [4.69, 9.17) is 10.4 Å². The van der Waals surface area contributed by atoms with Crippen molar-refractivity contribution in [2.75, 3.05) is 0 Å². The quantitative estimate of drug-likeness (QED) is 0.690. The number of hydrogen-bond donors (Lipinski definition) is 1. The van der Waals surface area contributed by atoms with E-state index in [0.29, 0.717) is 11.3 Å². The van der Waals surface area contributed by atoms with Crippen molar-refractivity contribution in [1.82, 2.24) is 9.38 Å². The van der Waals surface area contributed by atoms with Crippen LogP contribution in [0.15, 0.2) is 24.5 Å². The third kappa shape index (κ3) is 1.25. The summed E-state index contributed by atoms with van der Waals surface area (Å²) in [5.74, 6) is 0. The molecule has 0 saturated heterocycles. The lowest BCUT2D eigenvalue weighted by Crippen LogP contribution is -1.83. The molecule has 0 aliphatic heterocycles. The molecular formula is C9H7N3O. The number of pyridine rings is 1. The first-order valence-electron chi connectivity index (χ1n) is 3.82. The van der Waals surface area contributed by atoms with Crippen LogP contribution in [0.1, 0.15) is 11.3 Å². The van der Waals surface area contributed by atoms with Gasteiger partial charge < -0.3 is 9.51 Å². The summed E-state index contributed by atoms with van der Waals surface area (Å²) in [6, 6.07) is 5.48. The summed E-state index contributed by atoms with van der Waals surface area (Å²) in [5.41, 5.74) is 1.92. The molecule has 2 rings (SSSR count). The summed E-state index contributed by atoms with van der Waals surface area (Å²) in [7, 11) is 0. The van der Waals surface area contributed by atoms with Gasteiger partial charge >= 0.3 is 0 Å². The molecule has 0 aromatic carbocycles. The maximum absolute atomic E-state index is 8.82. The van der Waals surface area contributed by atoms with Gasteiger partial charge in [0, 0.05) is 12.4 Å². The maximum atomic E-state index is 8.82. The van der Waals surface area contributed by atoms with Gasteiger partial charge in [-0.15, -0.1) is 0 Å². The number of hydrogen-bond acceptors (Lipinski definition) is 3. The molecule has 1 N–H and O–H groups in total. The van der Waals surface area contributed by atoms with Crippen molar-refractivity contribution in [3.05, 3.63) is 35.8 Å². The van der Waals surface area contributed by atoms with Gasteiger partial charge in [0.15, 0.2) is 0 Å². The third-order valence-corrected chi connectivity index (χ3v) is 1.79. The van der Waals surface area contributed by atoms with E-state index in [2.05, 4.69) is 4.98 Å². The normalized spacial score (nSPS) is 10.2. The fourth-order valence-corrected chi connectivity index (χ4v) is 1.19. The van der Waals surface area contributed by atoms with Crippen molar-refractivity contribution in [2.24, 2.45) is 0 Å². The van der Waals surface area contributed by atoms with E-state index >= 15 is 0 Å². The molecule has 0 atom stereocenters. The van der Waals surface area contributed by atoms with Crippen LogP contribution >= 0.6 is 0 Å². The molecule has 4 heteroatoms. The van der Waals surface area contributed by atoms with Crippen LogP contribution in [0, 0.1) is 11.3 Å². The Morgan fingerprint density at radius 1 is 1.46 bits per heavy atom. The number of rotatable bonds is 1. The standard InChI is InChI=1S/C9H7N3O/c10-3-7-1-2-9-11-8(6-13)5-12(9)4-7/h1-2,4-5,13H,6H2. The van der Waals surface area contributed by atoms with Crippen LogP contribution in [0.5, 0.6) is 0 Å². The molecule has 2 aromatic heterocycles. The van der Waals surface area contributed by atoms with Crippen molar-refractivity contribution in [3.8, 4) is 6.07 Å². The van der Waals surface area contributed by atoms with Crippen LogP contribution in [-0.2, 0) is 6.61 Å².